The van der Waals surface area contributed by atoms with Gasteiger partial charge >= 0.3 is 0 Å². The molecule has 0 heterocycles. The van der Waals surface area contributed by atoms with Gasteiger partial charge in [-0.3, -0.25) is 0 Å². The normalized spacial score (nSPS) is 12.1. The average molecular weight is 301 g/mol. The molecule has 0 aliphatic carbocycles. The first kappa shape index (κ1) is 14.5. The summed E-state index contributed by atoms with van der Waals surface area (Å²) in [7, 11) is 4.30. The van der Waals surface area contributed by atoms with E-state index in [0.717, 1.165) is 0 Å². The van der Waals surface area contributed by atoms with Crippen LogP contribution < -0.4 is 0 Å². The van der Waals surface area contributed by atoms with E-state index in [1.807, 2.05) is 0 Å². The summed E-state index contributed by atoms with van der Waals surface area (Å²) in [6.45, 7) is 1.17. The molecule has 116 valence electrons. The largest absolute Gasteiger partial charge is 0.309 e. The molecule has 0 radical (unpaired) electrons. The first-order valence-corrected chi connectivity index (χ1v) is 8.54. The molecule has 4 aromatic carbocycles. The van der Waals surface area contributed by atoms with E-state index in [1.54, 1.807) is 0 Å². The van der Waals surface area contributed by atoms with Crippen LogP contribution in [0.2, 0.25) is 0 Å². The maximum absolute atomic E-state index is 2.33. The van der Waals surface area contributed by atoms with Gasteiger partial charge < -0.3 is 4.90 Å². The first-order valence-electron chi connectivity index (χ1n) is 8.54. The minimum atomic E-state index is 1.17. The molecule has 0 aromatic heterocycles. The molecule has 4 aromatic rings. The minimum Gasteiger partial charge on any atom is -0.309 e. The van der Waals surface area contributed by atoms with E-state index in [9.17, 15) is 0 Å². The van der Waals surface area contributed by atoms with Crippen molar-refractivity contribution in [1.29, 1.82) is 0 Å². The van der Waals surface area contributed by atoms with Crippen LogP contribution in [-0.4, -0.2) is 25.5 Å². The molecule has 23 heavy (non-hydrogen) atoms. The van der Waals surface area contributed by atoms with Crippen molar-refractivity contribution in [2.24, 2.45) is 0 Å². The number of benzene rings is 4. The lowest BCUT2D eigenvalue weighted by atomic mass is 9.90. The van der Waals surface area contributed by atoms with Crippen molar-refractivity contribution < 1.29 is 0 Å². The van der Waals surface area contributed by atoms with E-state index in [0.29, 0.717) is 0 Å². The monoisotopic (exact) mass is 301 g/mol. The molecular weight excluding hydrogens is 278 g/mol. The highest BCUT2D eigenvalue weighted by atomic mass is 15.0. The molecule has 0 fully saturated rings. The third-order valence-corrected chi connectivity index (χ3v) is 4.92. The summed E-state index contributed by atoms with van der Waals surface area (Å²) < 4.78 is 0. The van der Waals surface area contributed by atoms with Gasteiger partial charge in [-0.1, -0.05) is 54.6 Å². The van der Waals surface area contributed by atoms with E-state index >= 15 is 0 Å². The Bertz CT molecular complexity index is 936. The third kappa shape index (κ3) is 2.55. The van der Waals surface area contributed by atoms with E-state index in [-0.39, 0.29) is 0 Å². The Morgan fingerprint density at radius 2 is 1.35 bits per heavy atom. The lowest BCUT2D eigenvalue weighted by molar-refractivity contribution is 0.394. The summed E-state index contributed by atoms with van der Waals surface area (Å²) in [6, 6.07) is 20.4. The highest BCUT2D eigenvalue weighted by Crippen LogP contribution is 2.36. The number of hydrogen-bond acceptors (Lipinski definition) is 1. The Balaban J connectivity index is 1.80. The Morgan fingerprint density at radius 3 is 2.09 bits per heavy atom. The van der Waals surface area contributed by atoms with Crippen molar-refractivity contribution in [1.82, 2.24) is 4.90 Å². The van der Waals surface area contributed by atoms with E-state index in [1.165, 1.54) is 63.7 Å². The summed E-state index contributed by atoms with van der Waals surface area (Å²) >= 11 is 0. The SMILES string of the molecule is CN(C)CCCCc1ccc2ccc3cccc4ccc1c2c34. The fraction of sp³-hybridized carbons (Fsp3) is 0.273. The van der Waals surface area contributed by atoms with Crippen LogP contribution in [0.3, 0.4) is 0 Å². The van der Waals surface area contributed by atoms with Gasteiger partial charge in [-0.2, -0.15) is 0 Å². The van der Waals surface area contributed by atoms with Gasteiger partial charge in [-0.05, 0) is 77.8 Å². The molecule has 0 atom stereocenters. The predicted molar refractivity (Wildman–Crippen MR) is 102 cm³/mol. The molecule has 0 amide bonds. The molecule has 0 saturated heterocycles. The molecule has 0 N–H and O–H groups in total. The van der Waals surface area contributed by atoms with Gasteiger partial charge in [0.1, 0.15) is 0 Å². The quantitative estimate of drug-likeness (QED) is 0.349. The summed E-state index contributed by atoms with van der Waals surface area (Å²) in [5.41, 5.74) is 1.49. The van der Waals surface area contributed by atoms with Crippen LogP contribution in [0.1, 0.15) is 18.4 Å². The smallest absolute Gasteiger partial charge is 0.00240 e. The van der Waals surface area contributed by atoms with Crippen molar-refractivity contribution in [3.8, 4) is 0 Å². The second-order valence-corrected chi connectivity index (χ2v) is 6.84. The summed E-state index contributed by atoms with van der Waals surface area (Å²) in [5, 5.41) is 8.39. The van der Waals surface area contributed by atoms with Crippen LogP contribution in [0.25, 0.3) is 32.3 Å². The topological polar surface area (TPSA) is 3.24 Å². The first-order chi connectivity index (χ1) is 11.2. The fourth-order valence-electron chi connectivity index (χ4n) is 3.76. The molecule has 1 heteroatoms. The Hall–Kier alpha value is -2.12. The zero-order chi connectivity index (χ0) is 15.8. The average Bonchev–Trinajstić information content (AvgIpc) is 2.57. The van der Waals surface area contributed by atoms with Gasteiger partial charge in [0.05, 0.1) is 0 Å². The van der Waals surface area contributed by atoms with Gasteiger partial charge in [0, 0.05) is 0 Å². The van der Waals surface area contributed by atoms with Gasteiger partial charge in [-0.15, -0.1) is 0 Å². The minimum absolute atomic E-state index is 1.17. The zero-order valence-electron chi connectivity index (χ0n) is 14.0. The predicted octanol–water partition coefficient (Wildman–Crippen LogP) is 5.47. The van der Waals surface area contributed by atoms with Crippen LogP contribution in [0.5, 0.6) is 0 Å². The van der Waals surface area contributed by atoms with Gasteiger partial charge in [0.2, 0.25) is 0 Å². The van der Waals surface area contributed by atoms with Crippen molar-refractivity contribution >= 4 is 32.3 Å². The summed E-state index contributed by atoms with van der Waals surface area (Å²) in [6.07, 6.45) is 3.68. The van der Waals surface area contributed by atoms with E-state index in [2.05, 4.69) is 73.6 Å². The second-order valence-electron chi connectivity index (χ2n) is 6.84. The second kappa shape index (κ2) is 5.82. The number of unbranched alkanes of at least 4 members (excludes halogenated alkanes) is 1. The third-order valence-electron chi connectivity index (χ3n) is 4.92. The lowest BCUT2D eigenvalue weighted by Gasteiger charge is -2.14. The zero-order valence-corrected chi connectivity index (χ0v) is 14.0. The van der Waals surface area contributed by atoms with Crippen molar-refractivity contribution in [2.45, 2.75) is 19.3 Å². The standard InChI is InChI=1S/C22H23N/c1-23(2)15-4-3-6-16-9-10-19-12-11-17-7-5-8-18-13-14-20(16)22(19)21(17)18/h5,7-14H,3-4,6,15H2,1-2H3. The Morgan fingerprint density at radius 1 is 0.696 bits per heavy atom. The lowest BCUT2D eigenvalue weighted by Crippen LogP contribution is -2.12. The maximum atomic E-state index is 2.33. The van der Waals surface area contributed by atoms with Crippen LogP contribution in [0, 0.1) is 0 Å². The molecular formula is C22H23N. The van der Waals surface area contributed by atoms with Crippen molar-refractivity contribution in [3.63, 3.8) is 0 Å². The molecule has 0 spiro atoms. The van der Waals surface area contributed by atoms with Gasteiger partial charge in [-0.25, -0.2) is 0 Å². The number of nitrogens with zero attached hydrogens (tertiary/aromatic N) is 1. The molecule has 0 unspecified atom stereocenters. The van der Waals surface area contributed by atoms with Crippen LogP contribution in [0.15, 0.2) is 54.6 Å². The number of aryl methyl sites for hydroxylation is 1. The molecule has 0 bridgehead atoms. The molecule has 0 saturated carbocycles. The summed E-state index contributed by atoms with van der Waals surface area (Å²) in [4.78, 5) is 2.27. The number of hydrogen-bond donors (Lipinski definition) is 0. The Labute approximate surface area is 137 Å². The van der Waals surface area contributed by atoms with E-state index in [4.69, 9.17) is 0 Å². The summed E-state index contributed by atoms with van der Waals surface area (Å²) in [5.74, 6) is 0. The molecule has 0 aliphatic heterocycles. The van der Waals surface area contributed by atoms with Gasteiger partial charge in [0.15, 0.2) is 0 Å². The van der Waals surface area contributed by atoms with Crippen LogP contribution >= 0.6 is 0 Å². The van der Waals surface area contributed by atoms with E-state index < -0.39 is 0 Å². The van der Waals surface area contributed by atoms with Crippen LogP contribution in [-0.2, 0) is 6.42 Å². The molecule has 1 nitrogen and oxygen atoms in total. The molecule has 4 rings (SSSR count). The number of rotatable bonds is 5. The molecule has 0 aliphatic rings. The van der Waals surface area contributed by atoms with Crippen LogP contribution in [0.4, 0.5) is 0 Å². The Kier molecular flexibility index (Phi) is 3.66. The fourth-order valence-corrected chi connectivity index (χ4v) is 3.76. The van der Waals surface area contributed by atoms with Crippen molar-refractivity contribution in [2.75, 3.05) is 20.6 Å². The highest BCUT2D eigenvalue weighted by molar-refractivity contribution is 6.23. The van der Waals surface area contributed by atoms with Crippen molar-refractivity contribution in [3.05, 3.63) is 60.2 Å². The highest BCUT2D eigenvalue weighted by Gasteiger charge is 2.10. The van der Waals surface area contributed by atoms with Gasteiger partial charge in [0.25, 0.3) is 0 Å². The maximum Gasteiger partial charge on any atom is -0.00240 e.